The number of Topliss-reactive ketones (excluding diaryl/α,β-unsaturated/α-hetero) is 1. The van der Waals surface area contributed by atoms with Crippen LogP contribution in [0.1, 0.15) is 196 Å². The summed E-state index contributed by atoms with van der Waals surface area (Å²) in [6.07, 6.45) is 18.1. The molecule has 484 valence electrons. The van der Waals surface area contributed by atoms with Gasteiger partial charge in [0.15, 0.2) is 12.6 Å². The molecule has 4 rings (SSSR count). The number of esters is 4. The Balaban J connectivity index is -0.00000124. The van der Waals surface area contributed by atoms with Gasteiger partial charge < -0.3 is 48.6 Å². The first kappa shape index (κ1) is 82.8. The summed E-state index contributed by atoms with van der Waals surface area (Å²) < 4.78 is 104. The number of ketones is 2. The number of alkyl halides is 4. The summed E-state index contributed by atoms with van der Waals surface area (Å²) in [4.78, 5) is 95.2. The predicted molar refractivity (Wildman–Crippen MR) is 303 cm³/mol. The van der Waals surface area contributed by atoms with Crippen LogP contribution >= 0.6 is 8.15 Å². The van der Waals surface area contributed by atoms with Crippen molar-refractivity contribution in [1.29, 1.82) is 0 Å². The monoisotopic (exact) mass is 1230 g/mol. The topological polar surface area (TPSA) is 277 Å². The fourth-order valence-corrected chi connectivity index (χ4v) is 11.1. The Morgan fingerprint density at radius 1 is 0.619 bits per heavy atom. The molecule has 2 saturated heterocycles. The van der Waals surface area contributed by atoms with E-state index in [1.807, 2.05) is 6.92 Å². The van der Waals surface area contributed by atoms with Gasteiger partial charge in [-0.2, -0.15) is 17.6 Å². The van der Waals surface area contributed by atoms with E-state index in [9.17, 15) is 51.1 Å². The van der Waals surface area contributed by atoms with Crippen molar-refractivity contribution in [3.05, 3.63) is 22.1 Å². The van der Waals surface area contributed by atoms with Crippen molar-refractivity contribution in [3.8, 4) is 0 Å². The van der Waals surface area contributed by atoms with Crippen LogP contribution in [0.4, 0.5) is 17.6 Å². The molecular formula is C58H98F4LiO20P. The number of hydrogen-bond acceptors (Lipinski definition) is 20. The van der Waals surface area contributed by atoms with Crippen LogP contribution in [0, 0.1) is 33.6 Å². The number of aldehydes is 1. The minimum absolute atomic E-state index is 0. The molecule has 4 aliphatic rings. The molecule has 2 N–H and O–H groups in total. The number of ether oxygens (including phenoxy) is 8. The first-order chi connectivity index (χ1) is 39.7. The standard InChI is InChI=1S/C28H44F2O7.C21H34O7.C9H17F2O2P.Li.H2O2.O2.H/c1-4-5-17-28(29,30)25(32)16-15-22-21(12-8-6-7-9-13-26(33)34-3)23(36-20(2)31)19-24(22)37-27-14-10-11-18-35-27;1-15(23)27-18-13-19(28-21-11-7-8-12-26-21)17(14-22)16(18)9-5-3-4-6-10-20(24)25-2;1-4-5-6-9(10,11)8(12)7-14(3)13-2;;2*1-2;/h15-16,21-24,27H,4-14,17-19H2,1-3H3;14,16-19,21H,3-13H2,1-2H3;4-7H2,1-3H3;;1-2H;;/q;;;+1;;;-1/b16-15+;;;;;;/t21?,22-,23+,24-,27?;16?,17-,18+,19-,21?;;;;;/m11...../s1. The van der Waals surface area contributed by atoms with E-state index in [1.54, 1.807) is 19.7 Å². The average Bonchev–Trinajstić information content (AvgIpc) is 2.74. The van der Waals surface area contributed by atoms with E-state index < -0.39 is 62.4 Å². The fraction of sp³-hybridized carbons (Fsp3) is 0.845. The molecule has 4 fully saturated rings. The van der Waals surface area contributed by atoms with Crippen molar-refractivity contribution in [3.63, 3.8) is 0 Å². The van der Waals surface area contributed by atoms with Crippen LogP contribution < -0.4 is 18.9 Å². The zero-order valence-electron chi connectivity index (χ0n) is 52.2. The molecular weight excluding hydrogens is 1130 g/mol. The van der Waals surface area contributed by atoms with Crippen LogP contribution in [0.3, 0.4) is 0 Å². The van der Waals surface area contributed by atoms with Gasteiger partial charge in [-0.3, -0.25) is 39.3 Å². The first-order valence-corrected chi connectivity index (χ1v) is 31.2. The Kier molecular flexibility index (Phi) is 48.0. The summed E-state index contributed by atoms with van der Waals surface area (Å²) in [6, 6.07) is 0. The number of carbonyl (C=O) groups excluding carboxylic acids is 7. The van der Waals surface area contributed by atoms with Crippen molar-refractivity contribution in [2.45, 2.75) is 243 Å². The number of rotatable bonds is 34. The van der Waals surface area contributed by atoms with E-state index in [-0.39, 0.29) is 99.4 Å². The largest absolute Gasteiger partial charge is 1.00 e. The summed E-state index contributed by atoms with van der Waals surface area (Å²) in [5.41, 5.74) is 0. The van der Waals surface area contributed by atoms with E-state index in [4.69, 9.17) is 53.4 Å². The third-order valence-corrected chi connectivity index (χ3v) is 16.2. The van der Waals surface area contributed by atoms with Crippen molar-refractivity contribution in [2.24, 2.45) is 23.7 Å². The van der Waals surface area contributed by atoms with Gasteiger partial charge in [-0.1, -0.05) is 71.3 Å². The van der Waals surface area contributed by atoms with Gasteiger partial charge in [-0.15, -0.1) is 0 Å². The fourth-order valence-electron chi connectivity index (χ4n) is 10.4. The summed E-state index contributed by atoms with van der Waals surface area (Å²) in [5.74, 6) is -10.8. The number of hydrogen-bond donors (Lipinski definition) is 2. The van der Waals surface area contributed by atoms with Crippen LogP contribution in [0.5, 0.6) is 0 Å². The van der Waals surface area contributed by atoms with E-state index in [2.05, 4.69) is 9.47 Å². The average molecular weight is 1230 g/mol. The molecule has 2 saturated carbocycles. The Bertz CT molecular complexity index is 1850. The summed E-state index contributed by atoms with van der Waals surface area (Å²) in [7, 11) is 3.17. The van der Waals surface area contributed by atoms with Gasteiger partial charge in [0.25, 0.3) is 0 Å². The van der Waals surface area contributed by atoms with Gasteiger partial charge in [0.1, 0.15) is 18.5 Å². The third kappa shape index (κ3) is 34.3. The molecule has 0 aromatic heterocycles. The van der Waals surface area contributed by atoms with Crippen LogP contribution in [-0.2, 0) is 76.0 Å². The molecule has 0 aromatic carbocycles. The van der Waals surface area contributed by atoms with E-state index >= 15 is 0 Å². The molecule has 11 atom stereocenters. The molecule has 84 heavy (non-hydrogen) atoms. The maximum atomic E-state index is 14.3. The summed E-state index contributed by atoms with van der Waals surface area (Å²) >= 11 is 0. The molecule has 0 spiro atoms. The number of carbonyl (C=O) groups is 7. The normalized spacial score (nSPS) is 24.1. The minimum atomic E-state index is -3.40. The molecule has 20 nitrogen and oxygen atoms in total. The zero-order chi connectivity index (χ0) is 62.8. The number of allylic oxidation sites excluding steroid dienone is 1. The molecule has 0 radical (unpaired) electrons. The molecule has 2 heterocycles. The summed E-state index contributed by atoms with van der Waals surface area (Å²) in [5, 5.41) is 12.0. The Morgan fingerprint density at radius 3 is 1.42 bits per heavy atom. The van der Waals surface area contributed by atoms with Crippen LogP contribution in [0.25, 0.3) is 0 Å². The van der Waals surface area contributed by atoms with Gasteiger partial charge in [0.2, 0.25) is 11.6 Å². The van der Waals surface area contributed by atoms with Gasteiger partial charge >= 0.3 is 54.6 Å². The van der Waals surface area contributed by atoms with Crippen LogP contribution in [0.15, 0.2) is 12.2 Å². The molecule has 0 bridgehead atoms. The van der Waals surface area contributed by atoms with Crippen LogP contribution in [-0.4, -0.2) is 148 Å². The molecule has 0 aromatic rings. The van der Waals surface area contributed by atoms with Gasteiger partial charge in [-0.25, -0.2) is 0 Å². The van der Waals surface area contributed by atoms with E-state index in [1.165, 1.54) is 35.2 Å². The van der Waals surface area contributed by atoms with Crippen molar-refractivity contribution < 1.29 is 124 Å². The van der Waals surface area contributed by atoms with Crippen molar-refractivity contribution in [2.75, 3.05) is 47.4 Å². The molecule has 2 aliphatic carbocycles. The van der Waals surface area contributed by atoms with Crippen molar-refractivity contribution in [1.82, 2.24) is 0 Å². The molecule has 0 amide bonds. The smallest absolute Gasteiger partial charge is 1.00 e. The second-order valence-electron chi connectivity index (χ2n) is 21.1. The second-order valence-corrected chi connectivity index (χ2v) is 23.1. The van der Waals surface area contributed by atoms with Gasteiger partial charge in [0, 0.05) is 114 Å². The second kappa shape index (κ2) is 48.7. The predicted octanol–water partition coefficient (Wildman–Crippen LogP) is 9.36. The quantitative estimate of drug-likeness (QED) is 0.00580. The maximum absolute atomic E-state index is 14.3. The van der Waals surface area contributed by atoms with Gasteiger partial charge in [-0.05, 0) is 89.8 Å². The minimum Gasteiger partial charge on any atom is -1.00 e. The molecule has 5 unspecified atom stereocenters. The SMILES string of the molecule is CCCCC(F)(F)C(=O)/C=C/[C@@H]1C(CCCCCCC(=O)OC)[C@@H](OC(C)=O)C[C@H]1OC1CCCCO1.CCCCC(F)(F)C(=O)CP(C)OC.COC(=O)CCCCCCC1[C@@H](OC(C)=O)C[C@@H](OC2CCCCO2)[C@@H]1C=O.O=O.OO.[H-].[Li+]. The number of unbranched alkanes of at least 4 members (excludes halogenated alkanes) is 8. The third-order valence-electron chi connectivity index (χ3n) is 14.8. The Morgan fingerprint density at radius 2 is 1.04 bits per heavy atom. The Hall–Kier alpha value is -3.30. The first-order valence-electron chi connectivity index (χ1n) is 29.3. The number of methoxy groups -OCH3 is 2. The number of halogens is 4. The van der Waals surface area contributed by atoms with Gasteiger partial charge in [0.05, 0.1) is 32.6 Å². The van der Waals surface area contributed by atoms with E-state index in [0.717, 1.165) is 109 Å². The summed E-state index contributed by atoms with van der Waals surface area (Å²) in [6.45, 7) is 9.34. The zero-order valence-corrected chi connectivity index (χ0v) is 52.1. The molecule has 26 heteroatoms. The van der Waals surface area contributed by atoms with Crippen LogP contribution in [0.2, 0.25) is 0 Å². The maximum Gasteiger partial charge on any atom is 1.00 e. The van der Waals surface area contributed by atoms with E-state index in [0.29, 0.717) is 64.6 Å². The van der Waals surface area contributed by atoms with Crippen molar-refractivity contribution >= 4 is 49.9 Å². The molecule has 2 aliphatic heterocycles. The Labute approximate surface area is 508 Å².